The van der Waals surface area contributed by atoms with Crippen molar-refractivity contribution in [3.05, 3.63) is 27.4 Å². The third-order valence-corrected chi connectivity index (χ3v) is 3.18. The molecule has 0 fully saturated rings. The van der Waals surface area contributed by atoms with Gasteiger partial charge in [0.05, 0.1) is 6.61 Å². The number of hydrogen-bond acceptors (Lipinski definition) is 7. The van der Waals surface area contributed by atoms with Gasteiger partial charge in [0.15, 0.2) is 6.10 Å². The van der Waals surface area contributed by atoms with Crippen molar-refractivity contribution in [2.45, 2.75) is 19.4 Å². The Labute approximate surface area is 111 Å². The van der Waals surface area contributed by atoms with Crippen LogP contribution in [0.4, 0.5) is 5.82 Å². The summed E-state index contributed by atoms with van der Waals surface area (Å²) in [5, 5.41) is 22.3. The number of hydrogen-bond donors (Lipinski definition) is 1. The van der Waals surface area contributed by atoms with Crippen LogP contribution in [0.3, 0.4) is 0 Å². The zero-order valence-electron chi connectivity index (χ0n) is 9.98. The van der Waals surface area contributed by atoms with E-state index in [1.54, 1.807) is 12.3 Å². The molecule has 0 saturated heterocycles. The molecule has 0 radical (unpaired) electrons. The van der Waals surface area contributed by atoms with Crippen LogP contribution in [-0.2, 0) is 16.0 Å². The topological polar surface area (TPSA) is 107 Å². The van der Waals surface area contributed by atoms with E-state index in [2.05, 4.69) is 9.72 Å². The first-order chi connectivity index (χ1) is 9.04. The van der Waals surface area contributed by atoms with Crippen LogP contribution in [0, 0.1) is 10.1 Å². The van der Waals surface area contributed by atoms with Crippen molar-refractivity contribution in [3.8, 4) is 0 Å². The van der Waals surface area contributed by atoms with Gasteiger partial charge in [-0.15, -0.1) is 0 Å². The molecule has 2 heterocycles. The molecule has 9 heteroatoms. The summed E-state index contributed by atoms with van der Waals surface area (Å²) in [6.45, 7) is 1.75. The Hall–Kier alpha value is -2.00. The number of aromatic nitrogens is 2. The van der Waals surface area contributed by atoms with Gasteiger partial charge >= 0.3 is 11.8 Å². The average Bonchev–Trinajstić information content (AvgIpc) is 2.88. The van der Waals surface area contributed by atoms with Gasteiger partial charge in [0.25, 0.3) is 4.96 Å². The Morgan fingerprint density at radius 1 is 1.74 bits per heavy atom. The number of fused-ring (bicyclic) bond motifs is 1. The van der Waals surface area contributed by atoms with Crippen molar-refractivity contribution in [1.82, 2.24) is 9.38 Å². The maximum atomic E-state index is 11.3. The van der Waals surface area contributed by atoms with Gasteiger partial charge in [-0.25, -0.2) is 4.79 Å². The largest absolute Gasteiger partial charge is 0.464 e. The lowest BCUT2D eigenvalue weighted by Crippen LogP contribution is -2.25. The van der Waals surface area contributed by atoms with Crippen molar-refractivity contribution >= 4 is 28.1 Å². The van der Waals surface area contributed by atoms with E-state index in [1.807, 2.05) is 0 Å². The van der Waals surface area contributed by atoms with E-state index in [0.29, 0.717) is 4.96 Å². The second kappa shape index (κ2) is 5.33. The van der Waals surface area contributed by atoms with Crippen LogP contribution in [-0.4, -0.2) is 38.1 Å². The molecule has 0 amide bonds. The standard InChI is InChI=1S/C10H11N3O5S/c1-2-18-9(15)7(14)5-6-8(13(16)17)12-3-4-19-10(12)11-6/h3-4,7,14H,2,5H2,1H3. The summed E-state index contributed by atoms with van der Waals surface area (Å²) in [5.41, 5.74) is 0.0670. The van der Waals surface area contributed by atoms with E-state index in [9.17, 15) is 20.0 Å². The highest BCUT2D eigenvalue weighted by Gasteiger charge is 2.28. The Balaban J connectivity index is 2.29. The molecule has 19 heavy (non-hydrogen) atoms. The van der Waals surface area contributed by atoms with Gasteiger partial charge in [0, 0.05) is 11.8 Å². The van der Waals surface area contributed by atoms with E-state index in [-0.39, 0.29) is 24.5 Å². The molecule has 2 rings (SSSR count). The molecular formula is C10H11N3O5S. The molecule has 8 nitrogen and oxygen atoms in total. The summed E-state index contributed by atoms with van der Waals surface area (Å²) in [6, 6.07) is 0. The number of nitro groups is 1. The van der Waals surface area contributed by atoms with E-state index in [1.165, 1.54) is 21.9 Å². The Morgan fingerprint density at radius 2 is 2.47 bits per heavy atom. The van der Waals surface area contributed by atoms with Crippen LogP contribution in [0.2, 0.25) is 0 Å². The Morgan fingerprint density at radius 3 is 3.11 bits per heavy atom. The van der Waals surface area contributed by atoms with Crippen LogP contribution in [0.5, 0.6) is 0 Å². The molecular weight excluding hydrogens is 274 g/mol. The highest BCUT2D eigenvalue weighted by molar-refractivity contribution is 7.15. The molecule has 0 bridgehead atoms. The van der Waals surface area contributed by atoms with E-state index >= 15 is 0 Å². The zero-order chi connectivity index (χ0) is 14.0. The number of carbonyl (C=O) groups excluding carboxylic acids is 1. The van der Waals surface area contributed by atoms with Gasteiger partial charge in [0.1, 0.15) is 11.9 Å². The summed E-state index contributed by atoms with van der Waals surface area (Å²) in [5.74, 6) is -1.05. The van der Waals surface area contributed by atoms with Crippen molar-refractivity contribution in [1.29, 1.82) is 0 Å². The highest BCUT2D eigenvalue weighted by atomic mass is 32.1. The highest BCUT2D eigenvalue weighted by Crippen LogP contribution is 2.25. The zero-order valence-corrected chi connectivity index (χ0v) is 10.8. The number of ether oxygens (including phenoxy) is 1. The summed E-state index contributed by atoms with van der Waals surface area (Å²) >= 11 is 1.24. The predicted octanol–water partition coefficient (Wildman–Crippen LogP) is 0.770. The summed E-state index contributed by atoms with van der Waals surface area (Å²) in [4.78, 5) is 26.2. The van der Waals surface area contributed by atoms with Gasteiger partial charge in [-0.1, -0.05) is 11.3 Å². The smallest absolute Gasteiger partial charge is 0.351 e. The minimum absolute atomic E-state index is 0.0670. The molecule has 0 spiro atoms. The van der Waals surface area contributed by atoms with Gasteiger partial charge in [0.2, 0.25) is 0 Å². The van der Waals surface area contributed by atoms with Gasteiger partial charge in [-0.05, 0) is 11.8 Å². The SMILES string of the molecule is CCOC(=O)C(O)Cc1nc2sccn2c1[N+](=O)[O-]. The molecule has 1 atom stereocenters. The van der Waals surface area contributed by atoms with E-state index in [4.69, 9.17) is 0 Å². The lowest BCUT2D eigenvalue weighted by molar-refractivity contribution is -0.391. The number of aliphatic hydroxyl groups is 1. The lowest BCUT2D eigenvalue weighted by atomic mass is 10.2. The number of thiazole rings is 1. The predicted molar refractivity (Wildman–Crippen MR) is 66.1 cm³/mol. The molecule has 2 aromatic heterocycles. The molecule has 0 aromatic carbocycles. The van der Waals surface area contributed by atoms with Crippen LogP contribution in [0.1, 0.15) is 12.6 Å². The molecule has 1 unspecified atom stereocenters. The maximum Gasteiger partial charge on any atom is 0.351 e. The van der Waals surface area contributed by atoms with Crippen LogP contribution in [0.15, 0.2) is 11.6 Å². The normalized spacial score (nSPS) is 12.5. The van der Waals surface area contributed by atoms with Crippen molar-refractivity contribution in [2.75, 3.05) is 6.61 Å². The average molecular weight is 285 g/mol. The second-order valence-electron chi connectivity index (χ2n) is 3.67. The van der Waals surface area contributed by atoms with Gasteiger partial charge in [-0.3, -0.25) is 0 Å². The quantitative estimate of drug-likeness (QED) is 0.494. The summed E-state index contributed by atoms with van der Waals surface area (Å²) < 4.78 is 5.96. The molecule has 102 valence electrons. The van der Waals surface area contributed by atoms with Crippen molar-refractivity contribution < 1.29 is 19.6 Å². The fourth-order valence-electron chi connectivity index (χ4n) is 1.65. The van der Waals surface area contributed by atoms with Crippen LogP contribution in [0.25, 0.3) is 4.96 Å². The fraction of sp³-hybridized carbons (Fsp3) is 0.400. The van der Waals surface area contributed by atoms with Crippen molar-refractivity contribution in [2.24, 2.45) is 0 Å². The molecule has 2 aromatic rings. The van der Waals surface area contributed by atoms with E-state index in [0.717, 1.165) is 0 Å². The molecule has 0 aliphatic heterocycles. The fourth-order valence-corrected chi connectivity index (χ4v) is 2.38. The number of carbonyl (C=O) groups is 1. The first-order valence-corrected chi connectivity index (χ1v) is 6.36. The molecule has 0 saturated carbocycles. The minimum Gasteiger partial charge on any atom is -0.464 e. The van der Waals surface area contributed by atoms with Gasteiger partial charge < -0.3 is 20.0 Å². The minimum atomic E-state index is -1.46. The first kappa shape index (κ1) is 13.4. The monoisotopic (exact) mass is 285 g/mol. The number of esters is 1. The van der Waals surface area contributed by atoms with Crippen LogP contribution < -0.4 is 0 Å². The van der Waals surface area contributed by atoms with E-state index < -0.39 is 17.0 Å². The van der Waals surface area contributed by atoms with Crippen molar-refractivity contribution in [3.63, 3.8) is 0 Å². The first-order valence-electron chi connectivity index (χ1n) is 5.48. The number of imidazole rings is 1. The third-order valence-electron chi connectivity index (χ3n) is 2.42. The van der Waals surface area contributed by atoms with Gasteiger partial charge in [-0.2, -0.15) is 9.38 Å². The summed E-state index contributed by atoms with van der Waals surface area (Å²) in [7, 11) is 0. The third kappa shape index (κ3) is 2.56. The number of rotatable bonds is 5. The molecule has 0 aliphatic carbocycles. The lowest BCUT2D eigenvalue weighted by Gasteiger charge is -2.07. The summed E-state index contributed by atoms with van der Waals surface area (Å²) in [6.07, 6.45) is -0.183. The Bertz CT molecular complexity index is 620. The number of nitrogens with zero attached hydrogens (tertiary/aromatic N) is 3. The maximum absolute atomic E-state index is 11.3. The Kier molecular flexibility index (Phi) is 3.76. The molecule has 1 N–H and O–H groups in total. The molecule has 0 aliphatic rings. The number of aliphatic hydroxyl groups excluding tert-OH is 1. The van der Waals surface area contributed by atoms with Crippen LogP contribution >= 0.6 is 11.3 Å². The second-order valence-corrected chi connectivity index (χ2v) is 4.54.